The zero-order chi connectivity index (χ0) is 26.5. The molecule has 1 aliphatic carbocycles. The molecule has 0 aromatic carbocycles. The number of methoxy groups -OCH3 is 2. The summed E-state index contributed by atoms with van der Waals surface area (Å²) in [4.78, 5) is 47.1. The quantitative estimate of drug-likeness (QED) is 0.435. The lowest BCUT2D eigenvalue weighted by Gasteiger charge is -2.36. The number of nitrogens with zero attached hydrogens (tertiary/aromatic N) is 2. The summed E-state index contributed by atoms with van der Waals surface area (Å²) in [6.45, 7) is 10.1. The van der Waals surface area contributed by atoms with Crippen molar-refractivity contribution in [2.45, 2.75) is 103 Å². The van der Waals surface area contributed by atoms with E-state index in [4.69, 9.17) is 14.3 Å². The normalized spacial score (nSPS) is 25.6. The molecule has 3 amide bonds. The summed E-state index contributed by atoms with van der Waals surface area (Å²) in [6, 6.07) is -0.184. The molecule has 2 heterocycles. The summed E-state index contributed by atoms with van der Waals surface area (Å²) in [5, 5.41) is 4.42. The zero-order valence-corrected chi connectivity index (χ0v) is 23.1. The first-order valence-electron chi connectivity index (χ1n) is 13.8. The van der Waals surface area contributed by atoms with Crippen LogP contribution >= 0.6 is 0 Å². The number of amides is 3. The topological polar surface area (TPSA) is 97.4 Å². The molecule has 206 valence electrons. The van der Waals surface area contributed by atoms with E-state index in [0.29, 0.717) is 44.9 Å². The molecule has 1 saturated carbocycles. The van der Waals surface area contributed by atoms with Gasteiger partial charge in [0.25, 0.3) is 5.91 Å². The van der Waals surface area contributed by atoms with Gasteiger partial charge in [-0.2, -0.15) is 0 Å². The highest BCUT2D eigenvalue weighted by molar-refractivity contribution is 5.94. The average Bonchev–Trinajstić information content (AvgIpc) is 3.52. The maximum Gasteiger partial charge on any atom is 0.271 e. The van der Waals surface area contributed by atoms with Crippen LogP contribution in [0.2, 0.25) is 0 Å². The van der Waals surface area contributed by atoms with Gasteiger partial charge in [0.1, 0.15) is 5.54 Å². The fourth-order valence-electron chi connectivity index (χ4n) is 5.66. The van der Waals surface area contributed by atoms with Crippen molar-refractivity contribution in [3.8, 4) is 0 Å². The molecule has 0 aromatic rings. The third-order valence-electron chi connectivity index (χ3n) is 8.73. The summed E-state index contributed by atoms with van der Waals surface area (Å²) >= 11 is 0. The van der Waals surface area contributed by atoms with Crippen LogP contribution in [0.4, 0.5) is 0 Å². The van der Waals surface area contributed by atoms with Crippen LogP contribution in [0.1, 0.15) is 79.1 Å². The number of carbonyl (C=O) groups excluding carboxylic acids is 3. The molecule has 2 saturated heterocycles. The fourth-order valence-corrected chi connectivity index (χ4v) is 5.66. The second kappa shape index (κ2) is 12.7. The van der Waals surface area contributed by atoms with Crippen LogP contribution in [-0.4, -0.2) is 85.4 Å². The molecule has 3 rings (SSSR count). The Labute approximate surface area is 216 Å². The van der Waals surface area contributed by atoms with E-state index in [1.54, 1.807) is 14.2 Å². The lowest BCUT2D eigenvalue weighted by Crippen LogP contribution is -2.55. The van der Waals surface area contributed by atoms with Gasteiger partial charge in [0.05, 0.1) is 37.2 Å². The Morgan fingerprint density at radius 2 is 1.78 bits per heavy atom. The van der Waals surface area contributed by atoms with Crippen molar-refractivity contribution in [1.29, 1.82) is 0 Å². The lowest BCUT2D eigenvalue weighted by atomic mass is 9.87. The van der Waals surface area contributed by atoms with E-state index in [0.717, 1.165) is 32.1 Å². The molecule has 2 aliphatic heterocycles. The van der Waals surface area contributed by atoms with E-state index in [1.807, 2.05) is 11.8 Å². The van der Waals surface area contributed by atoms with Crippen molar-refractivity contribution in [2.75, 3.05) is 33.9 Å². The summed E-state index contributed by atoms with van der Waals surface area (Å²) in [7, 11) is 3.27. The fraction of sp³-hybridized carbons (Fsp3) is 0.889. The van der Waals surface area contributed by atoms with E-state index in [2.05, 4.69) is 26.1 Å². The molecule has 9 heteroatoms. The second-order valence-corrected chi connectivity index (χ2v) is 11.0. The van der Waals surface area contributed by atoms with E-state index >= 15 is 0 Å². The monoisotopic (exact) mass is 509 g/mol. The van der Waals surface area contributed by atoms with E-state index in [-0.39, 0.29) is 35.8 Å². The van der Waals surface area contributed by atoms with Crippen LogP contribution in [0.15, 0.2) is 0 Å². The van der Waals surface area contributed by atoms with Crippen molar-refractivity contribution in [3.63, 3.8) is 0 Å². The molecule has 9 nitrogen and oxygen atoms in total. The highest BCUT2D eigenvalue weighted by atomic mass is 16.7. The minimum Gasteiger partial charge on any atom is -0.381 e. The first-order chi connectivity index (χ1) is 17.2. The van der Waals surface area contributed by atoms with Gasteiger partial charge in [-0.25, -0.2) is 5.06 Å². The number of nitrogens with one attached hydrogen (secondary N) is 1. The SMILES string of the molecule is CCC(C)C(C)C(CC(=O)N1CCCC1C(OC)C(C)C(=O)NC1(C(=O)N2CCCCO2)CC1)OC. The molecule has 3 aliphatic rings. The predicted octanol–water partition coefficient (Wildman–Crippen LogP) is 2.92. The molecule has 0 bridgehead atoms. The zero-order valence-electron chi connectivity index (χ0n) is 23.1. The molecule has 6 unspecified atom stereocenters. The summed E-state index contributed by atoms with van der Waals surface area (Å²) in [6.07, 6.45) is 5.48. The Bertz CT molecular complexity index is 767. The molecular formula is C27H47N3O6. The van der Waals surface area contributed by atoms with Crippen LogP contribution in [0.5, 0.6) is 0 Å². The number of likely N-dealkylation sites (tertiary alicyclic amines) is 1. The Hall–Kier alpha value is -1.71. The van der Waals surface area contributed by atoms with Crippen molar-refractivity contribution in [1.82, 2.24) is 15.3 Å². The molecular weight excluding hydrogens is 462 g/mol. The molecule has 0 aromatic heterocycles. The van der Waals surface area contributed by atoms with Crippen molar-refractivity contribution < 1.29 is 28.7 Å². The largest absolute Gasteiger partial charge is 0.381 e. The second-order valence-electron chi connectivity index (χ2n) is 11.0. The maximum atomic E-state index is 13.4. The summed E-state index contributed by atoms with van der Waals surface area (Å²) < 4.78 is 11.6. The predicted molar refractivity (Wildman–Crippen MR) is 136 cm³/mol. The van der Waals surface area contributed by atoms with E-state index in [9.17, 15) is 14.4 Å². The Kier molecular flexibility index (Phi) is 10.2. The van der Waals surface area contributed by atoms with Crippen LogP contribution < -0.4 is 5.32 Å². The summed E-state index contributed by atoms with van der Waals surface area (Å²) in [5.74, 6) is -0.118. The van der Waals surface area contributed by atoms with Gasteiger partial charge in [0.15, 0.2) is 0 Å². The first-order valence-corrected chi connectivity index (χ1v) is 13.8. The van der Waals surface area contributed by atoms with Crippen LogP contribution in [0.25, 0.3) is 0 Å². The van der Waals surface area contributed by atoms with E-state index < -0.39 is 17.6 Å². The molecule has 1 N–H and O–H groups in total. The van der Waals surface area contributed by atoms with Gasteiger partial charge in [-0.3, -0.25) is 19.2 Å². The minimum absolute atomic E-state index is 0.0465. The van der Waals surface area contributed by atoms with Crippen molar-refractivity contribution in [3.05, 3.63) is 0 Å². The third-order valence-corrected chi connectivity index (χ3v) is 8.73. The van der Waals surface area contributed by atoms with Crippen LogP contribution in [0.3, 0.4) is 0 Å². The minimum atomic E-state index is -0.871. The number of hydroxylamine groups is 2. The molecule has 0 spiro atoms. The van der Waals surface area contributed by atoms with Gasteiger partial charge in [-0.1, -0.05) is 34.1 Å². The molecule has 0 radical (unpaired) electrons. The maximum absolute atomic E-state index is 13.4. The highest BCUT2D eigenvalue weighted by Crippen LogP contribution is 2.39. The number of ether oxygens (including phenoxy) is 2. The van der Waals surface area contributed by atoms with Crippen molar-refractivity contribution in [2.24, 2.45) is 17.8 Å². The highest BCUT2D eigenvalue weighted by Gasteiger charge is 2.54. The number of hydrogen-bond acceptors (Lipinski definition) is 6. The molecule has 6 atom stereocenters. The Morgan fingerprint density at radius 3 is 2.33 bits per heavy atom. The van der Waals surface area contributed by atoms with Crippen LogP contribution in [-0.2, 0) is 28.7 Å². The Balaban J connectivity index is 1.63. The Morgan fingerprint density at radius 1 is 1.06 bits per heavy atom. The molecule has 36 heavy (non-hydrogen) atoms. The van der Waals surface area contributed by atoms with Gasteiger partial charge in [0.2, 0.25) is 11.8 Å². The summed E-state index contributed by atoms with van der Waals surface area (Å²) in [5.41, 5.74) is -0.871. The lowest BCUT2D eigenvalue weighted by molar-refractivity contribution is -0.200. The smallest absolute Gasteiger partial charge is 0.271 e. The van der Waals surface area contributed by atoms with Gasteiger partial charge in [-0.15, -0.1) is 0 Å². The molecule has 3 fully saturated rings. The number of carbonyl (C=O) groups is 3. The van der Waals surface area contributed by atoms with Gasteiger partial charge < -0.3 is 19.7 Å². The van der Waals surface area contributed by atoms with Crippen molar-refractivity contribution >= 4 is 17.7 Å². The third kappa shape index (κ3) is 6.40. The number of rotatable bonds is 12. The van der Waals surface area contributed by atoms with E-state index in [1.165, 1.54) is 5.06 Å². The average molecular weight is 510 g/mol. The van der Waals surface area contributed by atoms with Gasteiger partial charge >= 0.3 is 0 Å². The first kappa shape index (κ1) is 28.9. The number of hydrogen-bond donors (Lipinski definition) is 1. The van der Waals surface area contributed by atoms with Gasteiger partial charge in [0, 0.05) is 27.3 Å². The standard InChI is InChI=1S/C27H47N3O6/c1-7-18(2)19(3)22(34-5)17-23(31)29-14-10-11-21(29)24(35-6)20(4)25(32)28-27(12-13-27)26(33)30-15-8-9-16-36-30/h18-22,24H,7-17H2,1-6H3,(H,28,32). The van der Waals surface area contributed by atoms with Crippen LogP contribution in [0, 0.1) is 17.8 Å². The van der Waals surface area contributed by atoms with Gasteiger partial charge in [-0.05, 0) is 50.4 Å².